The molecule has 5 aromatic carbocycles. The smallest absolute Gasteiger partial charge is 0.399 e. The van der Waals surface area contributed by atoms with Crippen LogP contribution in [0.15, 0.2) is 109 Å². The molecule has 0 N–H and O–H groups in total. The van der Waals surface area contributed by atoms with E-state index in [0.29, 0.717) is 0 Å². The van der Waals surface area contributed by atoms with Gasteiger partial charge in [-0.15, -0.1) is 0 Å². The molecule has 0 radical (unpaired) electrons. The van der Waals surface area contributed by atoms with Crippen LogP contribution in [0, 0.1) is 0 Å². The van der Waals surface area contributed by atoms with Crippen molar-refractivity contribution in [2.24, 2.45) is 0 Å². The highest BCUT2D eigenvalue weighted by molar-refractivity contribution is 6.62. The van der Waals surface area contributed by atoms with Crippen LogP contribution < -0.4 is 5.46 Å². The van der Waals surface area contributed by atoms with E-state index in [0.717, 1.165) is 11.2 Å². The monoisotopic (exact) mass is 561 g/mol. The zero-order chi connectivity index (χ0) is 29.7. The molecule has 0 spiro atoms. The molecule has 4 heteroatoms. The molecule has 2 aliphatic rings. The van der Waals surface area contributed by atoms with Gasteiger partial charge >= 0.3 is 7.12 Å². The van der Waals surface area contributed by atoms with Crippen LogP contribution in [0.3, 0.4) is 0 Å². The van der Waals surface area contributed by atoms with Gasteiger partial charge in [0.2, 0.25) is 0 Å². The van der Waals surface area contributed by atoms with Gasteiger partial charge in [0.05, 0.1) is 22.2 Å². The second-order valence-electron chi connectivity index (χ2n) is 13.7. The van der Waals surface area contributed by atoms with Gasteiger partial charge in [-0.1, -0.05) is 86.6 Å². The highest BCUT2D eigenvalue weighted by atomic mass is 16.7. The van der Waals surface area contributed by atoms with Crippen LogP contribution >= 0.6 is 0 Å². The summed E-state index contributed by atoms with van der Waals surface area (Å²) < 4.78 is 15.3. The zero-order valence-corrected chi connectivity index (χ0v) is 25.7. The molecule has 0 unspecified atom stereocenters. The van der Waals surface area contributed by atoms with Crippen molar-refractivity contribution in [2.45, 2.75) is 58.2 Å². The summed E-state index contributed by atoms with van der Waals surface area (Å²) in [5, 5.41) is 2.42. The first-order chi connectivity index (χ1) is 20.5. The summed E-state index contributed by atoms with van der Waals surface area (Å²) >= 11 is 0. The fourth-order valence-electron chi connectivity index (χ4n) is 7.09. The number of hydrogen-bond donors (Lipinski definition) is 0. The minimum Gasteiger partial charge on any atom is -0.399 e. The van der Waals surface area contributed by atoms with Crippen molar-refractivity contribution in [1.82, 2.24) is 4.57 Å². The van der Waals surface area contributed by atoms with Crippen LogP contribution in [-0.2, 0) is 14.7 Å². The van der Waals surface area contributed by atoms with E-state index in [1.807, 2.05) is 0 Å². The first-order valence-electron chi connectivity index (χ1n) is 15.3. The lowest BCUT2D eigenvalue weighted by atomic mass is 9.78. The first kappa shape index (κ1) is 26.5. The van der Waals surface area contributed by atoms with E-state index in [1.165, 1.54) is 55.2 Å². The van der Waals surface area contributed by atoms with Gasteiger partial charge in [-0.3, -0.25) is 0 Å². The number of rotatable bonds is 3. The van der Waals surface area contributed by atoms with Gasteiger partial charge in [0.15, 0.2) is 0 Å². The van der Waals surface area contributed by atoms with Crippen molar-refractivity contribution < 1.29 is 9.31 Å². The molecule has 0 bridgehead atoms. The molecule has 6 aromatic rings. The van der Waals surface area contributed by atoms with Crippen LogP contribution in [0.25, 0.3) is 49.7 Å². The Morgan fingerprint density at radius 2 is 1.12 bits per heavy atom. The minimum atomic E-state index is -0.409. The Hall–Kier alpha value is -4.12. The van der Waals surface area contributed by atoms with E-state index < -0.39 is 18.3 Å². The molecule has 8 rings (SSSR count). The van der Waals surface area contributed by atoms with E-state index in [9.17, 15) is 0 Å². The number of benzene rings is 5. The van der Waals surface area contributed by atoms with Gasteiger partial charge in [0.1, 0.15) is 0 Å². The molecule has 3 nitrogen and oxygen atoms in total. The number of nitrogens with zero attached hydrogens (tertiary/aromatic N) is 1. The fourth-order valence-corrected chi connectivity index (χ4v) is 7.09. The lowest BCUT2D eigenvalue weighted by Crippen LogP contribution is -2.41. The van der Waals surface area contributed by atoms with Crippen LogP contribution in [0.4, 0.5) is 0 Å². The number of hydrogen-bond acceptors (Lipinski definition) is 2. The molecule has 1 aliphatic heterocycles. The molecule has 2 heterocycles. The summed E-state index contributed by atoms with van der Waals surface area (Å²) in [4.78, 5) is 0. The molecule has 212 valence electrons. The Morgan fingerprint density at radius 3 is 1.86 bits per heavy atom. The van der Waals surface area contributed by atoms with E-state index >= 15 is 0 Å². The van der Waals surface area contributed by atoms with Crippen LogP contribution in [0.2, 0.25) is 0 Å². The van der Waals surface area contributed by atoms with Crippen LogP contribution in [-0.4, -0.2) is 22.9 Å². The Bertz CT molecular complexity index is 2050. The second kappa shape index (κ2) is 8.95. The predicted octanol–water partition coefficient (Wildman–Crippen LogP) is 9.06. The number of fused-ring (bicyclic) bond motifs is 6. The average Bonchev–Trinajstić information content (AvgIpc) is 3.53. The number of para-hydroxylation sites is 1. The molecule has 1 aromatic heterocycles. The van der Waals surface area contributed by atoms with Gasteiger partial charge in [-0.25, -0.2) is 0 Å². The third-order valence-corrected chi connectivity index (χ3v) is 10.2. The van der Waals surface area contributed by atoms with Gasteiger partial charge in [-0.2, -0.15) is 0 Å². The third-order valence-electron chi connectivity index (χ3n) is 10.2. The van der Waals surface area contributed by atoms with E-state index in [1.54, 1.807) is 0 Å². The van der Waals surface area contributed by atoms with Crippen LogP contribution in [0.1, 0.15) is 52.7 Å². The van der Waals surface area contributed by atoms with Gasteiger partial charge in [-0.05, 0) is 103 Å². The number of aromatic nitrogens is 1. The topological polar surface area (TPSA) is 23.4 Å². The van der Waals surface area contributed by atoms with Crippen LogP contribution in [0.5, 0.6) is 0 Å². The standard InChI is InChI=1S/C39H36BNO2/c1-37(2)33-15-11-10-14-29(33)30-19-16-26(23-34(30)37)25-17-20-35-31(22-25)32-24-27(40-42-38(3,4)39(5,6)43-40)18-21-36(32)41(35)28-12-8-7-9-13-28/h7-24H,1-6H3. The highest BCUT2D eigenvalue weighted by Gasteiger charge is 2.51. The largest absolute Gasteiger partial charge is 0.494 e. The second-order valence-corrected chi connectivity index (χ2v) is 13.7. The van der Waals surface area contributed by atoms with E-state index in [4.69, 9.17) is 9.31 Å². The molecular weight excluding hydrogens is 525 g/mol. The summed E-state index contributed by atoms with van der Waals surface area (Å²) in [5.74, 6) is 0. The fraction of sp³-hybridized carbons (Fsp3) is 0.231. The van der Waals surface area contributed by atoms with Crippen molar-refractivity contribution >= 4 is 34.4 Å². The summed E-state index contributed by atoms with van der Waals surface area (Å²) in [6.07, 6.45) is 0. The molecule has 1 fully saturated rings. The van der Waals surface area contributed by atoms with Crippen molar-refractivity contribution in [3.8, 4) is 27.9 Å². The molecule has 1 saturated heterocycles. The van der Waals surface area contributed by atoms with E-state index in [-0.39, 0.29) is 5.41 Å². The molecule has 43 heavy (non-hydrogen) atoms. The lowest BCUT2D eigenvalue weighted by Gasteiger charge is -2.32. The van der Waals surface area contributed by atoms with Gasteiger partial charge < -0.3 is 13.9 Å². The molecule has 1 aliphatic carbocycles. The molecular formula is C39H36BNO2. The lowest BCUT2D eigenvalue weighted by molar-refractivity contribution is 0.00578. The van der Waals surface area contributed by atoms with Gasteiger partial charge in [0, 0.05) is 21.9 Å². The predicted molar refractivity (Wildman–Crippen MR) is 179 cm³/mol. The normalized spacial score (nSPS) is 17.9. The maximum Gasteiger partial charge on any atom is 0.494 e. The third kappa shape index (κ3) is 3.83. The summed E-state index contributed by atoms with van der Waals surface area (Å²) in [6.45, 7) is 13.1. The first-order valence-corrected chi connectivity index (χ1v) is 15.3. The Balaban J connectivity index is 1.31. The zero-order valence-electron chi connectivity index (χ0n) is 25.7. The van der Waals surface area contributed by atoms with Crippen molar-refractivity contribution in [3.05, 3.63) is 120 Å². The molecule has 0 amide bonds. The SMILES string of the molecule is CC1(C)c2ccccc2-c2ccc(-c3ccc4c(c3)c3cc(B5OC(C)(C)C(C)(C)O5)ccc3n4-c3ccccc3)cc21. The highest BCUT2D eigenvalue weighted by Crippen LogP contribution is 2.49. The van der Waals surface area contributed by atoms with E-state index in [2.05, 4.69) is 155 Å². The molecule has 0 saturated carbocycles. The summed E-state index contributed by atoms with van der Waals surface area (Å²) in [5.41, 5.74) is 11.7. The van der Waals surface area contributed by atoms with Crippen molar-refractivity contribution in [1.29, 1.82) is 0 Å². The maximum absolute atomic E-state index is 6.46. The summed E-state index contributed by atoms with van der Waals surface area (Å²) in [6, 6.07) is 40.0. The maximum atomic E-state index is 6.46. The molecule has 0 atom stereocenters. The minimum absolute atomic E-state index is 0.0346. The Morgan fingerprint density at radius 1 is 0.535 bits per heavy atom. The van der Waals surface area contributed by atoms with Crippen molar-refractivity contribution in [3.63, 3.8) is 0 Å². The summed E-state index contributed by atoms with van der Waals surface area (Å²) in [7, 11) is -0.409. The average molecular weight is 562 g/mol. The quantitative estimate of drug-likeness (QED) is 0.201. The van der Waals surface area contributed by atoms with Gasteiger partial charge in [0.25, 0.3) is 0 Å². The Kier molecular flexibility index (Phi) is 5.52. The van der Waals surface area contributed by atoms with Crippen molar-refractivity contribution in [2.75, 3.05) is 0 Å². The Labute approximate surface area is 254 Å².